The normalized spacial score (nSPS) is 15.9. The maximum Gasteiger partial charge on any atom is 0.241 e. The third kappa shape index (κ3) is 4.06. The predicted octanol–water partition coefficient (Wildman–Crippen LogP) is 2.63. The van der Waals surface area contributed by atoms with Crippen molar-refractivity contribution in [3.8, 4) is 11.5 Å². The van der Waals surface area contributed by atoms with E-state index >= 15 is 0 Å². The summed E-state index contributed by atoms with van der Waals surface area (Å²) in [6.07, 6.45) is 1.40. The molecule has 0 heterocycles. The number of benzene rings is 2. The molecule has 1 unspecified atom stereocenters. The van der Waals surface area contributed by atoms with E-state index in [-0.39, 0.29) is 16.8 Å². The molecule has 0 saturated carbocycles. The van der Waals surface area contributed by atoms with Gasteiger partial charge in [-0.1, -0.05) is 6.07 Å². The quantitative estimate of drug-likeness (QED) is 0.791. The van der Waals surface area contributed by atoms with E-state index in [1.807, 2.05) is 12.1 Å². The standard InChI is InChI=1S/C19H22N2O5S/c1-12(22)20-14-5-7-16-13(10-14)4-8-17(16)21-27(23,24)15-6-9-18(25-2)19(11-15)26-3/h5-7,9-11,17,21H,4,8H2,1-3H3,(H,20,22). The van der Waals surface area contributed by atoms with Crippen molar-refractivity contribution in [3.63, 3.8) is 0 Å². The van der Waals surface area contributed by atoms with Gasteiger partial charge in [0.15, 0.2) is 11.5 Å². The Kier molecular flexibility index (Phi) is 5.38. The first-order chi connectivity index (χ1) is 12.8. The minimum absolute atomic E-state index is 0.114. The van der Waals surface area contributed by atoms with Crippen LogP contribution in [0.3, 0.4) is 0 Å². The molecule has 0 aromatic heterocycles. The molecule has 3 rings (SSSR count). The van der Waals surface area contributed by atoms with Crippen LogP contribution >= 0.6 is 0 Å². The molecule has 0 saturated heterocycles. The van der Waals surface area contributed by atoms with Crippen molar-refractivity contribution in [1.29, 1.82) is 0 Å². The average molecular weight is 390 g/mol. The minimum atomic E-state index is -3.73. The number of carbonyl (C=O) groups is 1. The summed E-state index contributed by atoms with van der Waals surface area (Å²) in [6.45, 7) is 1.45. The van der Waals surface area contributed by atoms with Gasteiger partial charge in [-0.2, -0.15) is 0 Å². The topological polar surface area (TPSA) is 93.7 Å². The van der Waals surface area contributed by atoms with Gasteiger partial charge in [0, 0.05) is 24.7 Å². The van der Waals surface area contributed by atoms with E-state index in [9.17, 15) is 13.2 Å². The SMILES string of the molecule is COc1ccc(S(=O)(=O)NC2CCc3cc(NC(C)=O)ccc32)cc1OC. The molecule has 1 atom stereocenters. The summed E-state index contributed by atoms with van der Waals surface area (Å²) >= 11 is 0. The van der Waals surface area contributed by atoms with Gasteiger partial charge in [0.05, 0.1) is 19.1 Å². The number of carbonyl (C=O) groups excluding carboxylic acids is 1. The maximum absolute atomic E-state index is 12.8. The highest BCUT2D eigenvalue weighted by atomic mass is 32.2. The van der Waals surface area contributed by atoms with Gasteiger partial charge in [-0.05, 0) is 48.2 Å². The molecule has 1 amide bonds. The Morgan fingerprint density at radius 1 is 1.07 bits per heavy atom. The smallest absolute Gasteiger partial charge is 0.241 e. The number of ether oxygens (including phenoxy) is 2. The van der Waals surface area contributed by atoms with Crippen molar-refractivity contribution < 1.29 is 22.7 Å². The Bertz CT molecular complexity index is 972. The minimum Gasteiger partial charge on any atom is -0.493 e. The van der Waals surface area contributed by atoms with E-state index in [1.54, 1.807) is 12.1 Å². The van der Waals surface area contributed by atoms with Crippen LogP contribution in [0.4, 0.5) is 5.69 Å². The van der Waals surface area contributed by atoms with Crippen LogP contribution in [0.5, 0.6) is 11.5 Å². The van der Waals surface area contributed by atoms with Crippen molar-refractivity contribution >= 4 is 21.6 Å². The zero-order valence-electron chi connectivity index (χ0n) is 15.4. The molecule has 1 aliphatic carbocycles. The number of nitrogens with one attached hydrogen (secondary N) is 2. The highest BCUT2D eigenvalue weighted by molar-refractivity contribution is 7.89. The van der Waals surface area contributed by atoms with Crippen molar-refractivity contribution in [3.05, 3.63) is 47.5 Å². The molecule has 2 aromatic carbocycles. The summed E-state index contributed by atoms with van der Waals surface area (Å²) in [7, 11) is -0.774. The summed E-state index contributed by atoms with van der Waals surface area (Å²) in [5.41, 5.74) is 2.67. The molecular weight excluding hydrogens is 368 g/mol. The van der Waals surface area contributed by atoms with Gasteiger partial charge >= 0.3 is 0 Å². The van der Waals surface area contributed by atoms with Crippen LogP contribution in [0.15, 0.2) is 41.3 Å². The molecule has 144 valence electrons. The number of rotatable bonds is 6. The largest absolute Gasteiger partial charge is 0.493 e. The molecule has 0 spiro atoms. The first-order valence-electron chi connectivity index (χ1n) is 8.49. The van der Waals surface area contributed by atoms with Crippen LogP contribution in [-0.4, -0.2) is 28.5 Å². The number of fused-ring (bicyclic) bond motifs is 1. The fourth-order valence-corrected chi connectivity index (χ4v) is 4.52. The van der Waals surface area contributed by atoms with Crippen molar-refractivity contribution in [2.75, 3.05) is 19.5 Å². The second-order valence-electron chi connectivity index (χ2n) is 6.32. The average Bonchev–Trinajstić information content (AvgIpc) is 3.02. The van der Waals surface area contributed by atoms with Crippen LogP contribution in [0, 0.1) is 0 Å². The van der Waals surface area contributed by atoms with Gasteiger partial charge in [0.2, 0.25) is 15.9 Å². The molecule has 0 bridgehead atoms. The van der Waals surface area contributed by atoms with Crippen LogP contribution in [-0.2, 0) is 21.2 Å². The Labute approximate surface area is 158 Å². The second-order valence-corrected chi connectivity index (χ2v) is 8.04. The molecule has 7 nitrogen and oxygen atoms in total. The van der Waals surface area contributed by atoms with E-state index in [2.05, 4.69) is 10.0 Å². The van der Waals surface area contributed by atoms with Crippen LogP contribution in [0.2, 0.25) is 0 Å². The molecule has 0 radical (unpaired) electrons. The second kappa shape index (κ2) is 7.58. The first-order valence-corrected chi connectivity index (χ1v) is 9.97. The zero-order chi connectivity index (χ0) is 19.6. The molecule has 2 N–H and O–H groups in total. The number of anilines is 1. The van der Waals surface area contributed by atoms with E-state index in [0.717, 1.165) is 17.5 Å². The lowest BCUT2D eigenvalue weighted by atomic mass is 10.1. The summed E-state index contributed by atoms with van der Waals surface area (Å²) < 4.78 is 38.7. The molecule has 1 aliphatic rings. The molecule has 0 fully saturated rings. The number of aryl methyl sites for hydroxylation is 1. The van der Waals surface area contributed by atoms with Gasteiger partial charge in [0.1, 0.15) is 0 Å². The van der Waals surface area contributed by atoms with Crippen LogP contribution < -0.4 is 19.5 Å². The number of hydrogen-bond donors (Lipinski definition) is 2. The lowest BCUT2D eigenvalue weighted by molar-refractivity contribution is -0.114. The molecule has 0 aliphatic heterocycles. The van der Waals surface area contributed by atoms with Crippen molar-refractivity contribution in [2.45, 2.75) is 30.7 Å². The van der Waals surface area contributed by atoms with E-state index in [4.69, 9.17) is 9.47 Å². The fraction of sp³-hybridized carbons (Fsp3) is 0.316. The lowest BCUT2D eigenvalue weighted by Crippen LogP contribution is -2.27. The highest BCUT2D eigenvalue weighted by Crippen LogP contribution is 2.35. The van der Waals surface area contributed by atoms with Gasteiger partial charge in [-0.15, -0.1) is 0 Å². The Hall–Kier alpha value is -2.58. The summed E-state index contributed by atoms with van der Waals surface area (Å²) in [6, 6.07) is 9.70. The third-order valence-corrected chi connectivity index (χ3v) is 5.97. The zero-order valence-corrected chi connectivity index (χ0v) is 16.2. The third-order valence-electron chi connectivity index (χ3n) is 4.50. The predicted molar refractivity (Wildman–Crippen MR) is 102 cm³/mol. The first kappa shape index (κ1) is 19.2. The van der Waals surface area contributed by atoms with Crippen LogP contribution in [0.1, 0.15) is 30.5 Å². The molecule has 8 heteroatoms. The summed E-state index contributed by atoms with van der Waals surface area (Å²) in [5.74, 6) is 0.680. The van der Waals surface area contributed by atoms with E-state index < -0.39 is 10.0 Å². The molecule has 2 aromatic rings. The Morgan fingerprint density at radius 2 is 1.81 bits per heavy atom. The summed E-state index contributed by atoms with van der Waals surface area (Å²) in [5, 5.41) is 2.74. The van der Waals surface area contributed by atoms with Gasteiger partial charge in [-0.25, -0.2) is 13.1 Å². The summed E-state index contributed by atoms with van der Waals surface area (Å²) in [4.78, 5) is 11.3. The van der Waals surface area contributed by atoms with E-state index in [0.29, 0.717) is 23.6 Å². The van der Waals surface area contributed by atoms with Gasteiger partial charge < -0.3 is 14.8 Å². The Balaban J connectivity index is 1.83. The number of amides is 1. The lowest BCUT2D eigenvalue weighted by Gasteiger charge is -2.16. The maximum atomic E-state index is 12.8. The Morgan fingerprint density at radius 3 is 2.48 bits per heavy atom. The van der Waals surface area contributed by atoms with Crippen molar-refractivity contribution in [2.24, 2.45) is 0 Å². The van der Waals surface area contributed by atoms with Crippen molar-refractivity contribution in [1.82, 2.24) is 4.72 Å². The monoisotopic (exact) mass is 390 g/mol. The van der Waals surface area contributed by atoms with Gasteiger partial charge in [-0.3, -0.25) is 4.79 Å². The fourth-order valence-electron chi connectivity index (χ4n) is 3.26. The van der Waals surface area contributed by atoms with Gasteiger partial charge in [0.25, 0.3) is 0 Å². The number of sulfonamides is 1. The molecular formula is C19H22N2O5S. The highest BCUT2D eigenvalue weighted by Gasteiger charge is 2.28. The number of methoxy groups -OCH3 is 2. The number of hydrogen-bond acceptors (Lipinski definition) is 5. The van der Waals surface area contributed by atoms with E-state index in [1.165, 1.54) is 33.3 Å². The van der Waals surface area contributed by atoms with Crippen LogP contribution in [0.25, 0.3) is 0 Å². The molecule has 27 heavy (non-hydrogen) atoms.